The van der Waals surface area contributed by atoms with E-state index in [1.54, 1.807) is 13.2 Å². The molecule has 0 aliphatic carbocycles. The topological polar surface area (TPSA) is 55.6 Å². The van der Waals surface area contributed by atoms with Gasteiger partial charge in [0.1, 0.15) is 11.4 Å². The smallest absolute Gasteiger partial charge is 0.244 e. The van der Waals surface area contributed by atoms with Crippen molar-refractivity contribution >= 4 is 17.6 Å². The molecule has 2 heterocycles. The lowest BCUT2D eigenvalue weighted by Gasteiger charge is -2.00. The standard InChI is InChI=1S/C18H17N3O2/c1-23-16-6-4-5-14(11-16)8-9-18(22)19-12-15-13-21-10-3-2-7-17(21)20-15/h2-11,13H,12H2,1H3,(H,19,22)/b9-8+. The lowest BCUT2D eigenvalue weighted by atomic mass is 10.2. The van der Waals surface area contributed by atoms with Crippen LogP contribution in [0.2, 0.25) is 0 Å². The number of imidazole rings is 1. The largest absolute Gasteiger partial charge is 0.497 e. The normalized spacial score (nSPS) is 11.0. The molecule has 0 saturated heterocycles. The number of nitrogens with zero attached hydrogens (tertiary/aromatic N) is 2. The quantitative estimate of drug-likeness (QED) is 0.737. The average Bonchev–Trinajstić information content (AvgIpc) is 3.01. The summed E-state index contributed by atoms with van der Waals surface area (Å²) in [5.41, 5.74) is 2.59. The van der Waals surface area contributed by atoms with E-state index >= 15 is 0 Å². The summed E-state index contributed by atoms with van der Waals surface area (Å²) in [5.74, 6) is 0.599. The Balaban J connectivity index is 1.59. The van der Waals surface area contributed by atoms with Gasteiger partial charge in [-0.1, -0.05) is 18.2 Å². The first-order valence-corrected chi connectivity index (χ1v) is 7.27. The van der Waals surface area contributed by atoms with Gasteiger partial charge in [-0.15, -0.1) is 0 Å². The summed E-state index contributed by atoms with van der Waals surface area (Å²) < 4.78 is 7.07. The molecule has 1 aromatic carbocycles. The molecule has 2 aromatic heterocycles. The van der Waals surface area contributed by atoms with E-state index in [0.29, 0.717) is 6.54 Å². The van der Waals surface area contributed by atoms with Crippen LogP contribution in [-0.2, 0) is 11.3 Å². The number of benzene rings is 1. The fourth-order valence-corrected chi connectivity index (χ4v) is 2.23. The van der Waals surface area contributed by atoms with Crippen molar-refractivity contribution in [2.75, 3.05) is 7.11 Å². The number of pyridine rings is 1. The van der Waals surface area contributed by atoms with Gasteiger partial charge in [-0.25, -0.2) is 4.98 Å². The molecule has 0 bridgehead atoms. The predicted octanol–water partition coefficient (Wildman–Crippen LogP) is 2.67. The molecular weight excluding hydrogens is 290 g/mol. The van der Waals surface area contributed by atoms with E-state index in [9.17, 15) is 4.79 Å². The van der Waals surface area contributed by atoms with Crippen molar-refractivity contribution in [2.45, 2.75) is 6.54 Å². The van der Waals surface area contributed by atoms with Gasteiger partial charge < -0.3 is 14.5 Å². The number of rotatable bonds is 5. The third-order valence-corrected chi connectivity index (χ3v) is 3.38. The lowest BCUT2D eigenvalue weighted by molar-refractivity contribution is -0.116. The number of amides is 1. The monoisotopic (exact) mass is 307 g/mol. The molecule has 5 heteroatoms. The van der Waals surface area contributed by atoms with Gasteiger partial charge in [0, 0.05) is 18.5 Å². The summed E-state index contributed by atoms with van der Waals surface area (Å²) in [6, 6.07) is 13.3. The van der Waals surface area contributed by atoms with Crippen molar-refractivity contribution in [3.63, 3.8) is 0 Å². The van der Waals surface area contributed by atoms with Gasteiger partial charge in [-0.3, -0.25) is 4.79 Å². The second-order valence-corrected chi connectivity index (χ2v) is 5.03. The zero-order valence-corrected chi connectivity index (χ0v) is 12.8. The number of aromatic nitrogens is 2. The van der Waals surface area contributed by atoms with E-state index in [1.165, 1.54) is 6.08 Å². The fraction of sp³-hybridized carbons (Fsp3) is 0.111. The maximum Gasteiger partial charge on any atom is 0.244 e. The Hall–Kier alpha value is -3.08. The van der Waals surface area contributed by atoms with Gasteiger partial charge >= 0.3 is 0 Å². The van der Waals surface area contributed by atoms with Gasteiger partial charge in [0.25, 0.3) is 0 Å². The van der Waals surface area contributed by atoms with Crippen LogP contribution in [-0.4, -0.2) is 22.4 Å². The summed E-state index contributed by atoms with van der Waals surface area (Å²) in [6.45, 7) is 0.392. The van der Waals surface area contributed by atoms with Crippen LogP contribution in [0.15, 0.2) is 60.9 Å². The molecular formula is C18H17N3O2. The van der Waals surface area contributed by atoms with E-state index in [2.05, 4.69) is 10.3 Å². The number of ether oxygens (including phenoxy) is 1. The summed E-state index contributed by atoms with van der Waals surface area (Å²) in [6.07, 6.45) is 7.09. The minimum Gasteiger partial charge on any atom is -0.497 e. The highest BCUT2D eigenvalue weighted by atomic mass is 16.5. The number of nitrogens with one attached hydrogen (secondary N) is 1. The molecule has 5 nitrogen and oxygen atoms in total. The van der Waals surface area contributed by atoms with E-state index in [0.717, 1.165) is 22.7 Å². The van der Waals surface area contributed by atoms with E-state index in [-0.39, 0.29) is 5.91 Å². The molecule has 0 spiro atoms. The summed E-state index contributed by atoms with van der Waals surface area (Å²) in [5, 5.41) is 2.83. The van der Waals surface area contributed by atoms with Gasteiger partial charge in [-0.2, -0.15) is 0 Å². The Kier molecular flexibility index (Phi) is 4.38. The first-order chi connectivity index (χ1) is 11.2. The highest BCUT2D eigenvalue weighted by molar-refractivity contribution is 5.91. The zero-order valence-electron chi connectivity index (χ0n) is 12.8. The molecule has 0 unspecified atom stereocenters. The first kappa shape index (κ1) is 14.8. The van der Waals surface area contributed by atoms with E-state index in [1.807, 2.05) is 59.3 Å². The van der Waals surface area contributed by atoms with Crippen molar-refractivity contribution in [1.29, 1.82) is 0 Å². The van der Waals surface area contributed by atoms with Crippen LogP contribution in [0.5, 0.6) is 5.75 Å². The number of hydrogen-bond acceptors (Lipinski definition) is 3. The van der Waals surface area contributed by atoms with Crippen molar-refractivity contribution in [2.24, 2.45) is 0 Å². The predicted molar refractivity (Wildman–Crippen MR) is 89.1 cm³/mol. The van der Waals surface area contributed by atoms with Gasteiger partial charge in [0.15, 0.2) is 0 Å². The van der Waals surface area contributed by atoms with E-state index < -0.39 is 0 Å². The molecule has 1 N–H and O–H groups in total. The van der Waals surface area contributed by atoms with Crippen LogP contribution in [0.3, 0.4) is 0 Å². The van der Waals surface area contributed by atoms with Gasteiger partial charge in [0.05, 0.1) is 19.3 Å². The Labute approximate surface area is 134 Å². The summed E-state index contributed by atoms with van der Waals surface area (Å²) >= 11 is 0. The summed E-state index contributed by atoms with van der Waals surface area (Å²) in [4.78, 5) is 16.3. The minimum absolute atomic E-state index is 0.162. The number of methoxy groups -OCH3 is 1. The minimum atomic E-state index is -0.162. The lowest BCUT2D eigenvalue weighted by Crippen LogP contribution is -2.20. The van der Waals surface area contributed by atoms with Crippen LogP contribution < -0.4 is 10.1 Å². The van der Waals surface area contributed by atoms with Crippen molar-refractivity contribution in [3.8, 4) is 5.75 Å². The van der Waals surface area contributed by atoms with Crippen LogP contribution in [0, 0.1) is 0 Å². The maximum atomic E-state index is 11.9. The van der Waals surface area contributed by atoms with Crippen molar-refractivity contribution < 1.29 is 9.53 Å². The number of fused-ring (bicyclic) bond motifs is 1. The molecule has 0 aliphatic heterocycles. The first-order valence-electron chi connectivity index (χ1n) is 7.27. The average molecular weight is 307 g/mol. The Morgan fingerprint density at radius 1 is 1.30 bits per heavy atom. The third-order valence-electron chi connectivity index (χ3n) is 3.38. The highest BCUT2D eigenvalue weighted by Crippen LogP contribution is 2.13. The Morgan fingerprint density at radius 2 is 2.22 bits per heavy atom. The molecule has 116 valence electrons. The molecule has 0 fully saturated rings. The molecule has 0 aliphatic rings. The van der Waals surface area contributed by atoms with Crippen LogP contribution in [0.25, 0.3) is 11.7 Å². The van der Waals surface area contributed by atoms with Crippen molar-refractivity contribution in [3.05, 3.63) is 72.2 Å². The Morgan fingerprint density at radius 3 is 3.04 bits per heavy atom. The van der Waals surface area contributed by atoms with Gasteiger partial charge in [0.2, 0.25) is 5.91 Å². The number of carbonyl (C=O) groups excluding carboxylic acids is 1. The molecule has 3 rings (SSSR count). The second kappa shape index (κ2) is 6.79. The van der Waals surface area contributed by atoms with Crippen LogP contribution in [0.1, 0.15) is 11.3 Å². The highest BCUT2D eigenvalue weighted by Gasteiger charge is 2.02. The van der Waals surface area contributed by atoms with Crippen LogP contribution in [0.4, 0.5) is 0 Å². The molecule has 0 saturated carbocycles. The zero-order chi connectivity index (χ0) is 16.1. The Bertz CT molecular complexity index is 819. The van der Waals surface area contributed by atoms with E-state index in [4.69, 9.17) is 4.74 Å². The number of carbonyl (C=O) groups is 1. The van der Waals surface area contributed by atoms with Gasteiger partial charge in [-0.05, 0) is 35.9 Å². The molecule has 0 atom stereocenters. The maximum absolute atomic E-state index is 11.9. The SMILES string of the molecule is COc1cccc(/C=C/C(=O)NCc2cn3ccccc3n2)c1. The second-order valence-electron chi connectivity index (χ2n) is 5.03. The molecule has 3 aromatic rings. The third kappa shape index (κ3) is 3.77. The van der Waals surface area contributed by atoms with Crippen molar-refractivity contribution in [1.82, 2.24) is 14.7 Å². The molecule has 0 radical (unpaired) electrons. The fourth-order valence-electron chi connectivity index (χ4n) is 2.23. The molecule has 1 amide bonds. The van der Waals surface area contributed by atoms with Crippen LogP contribution >= 0.6 is 0 Å². The molecule has 23 heavy (non-hydrogen) atoms. The number of hydrogen-bond donors (Lipinski definition) is 1. The summed E-state index contributed by atoms with van der Waals surface area (Å²) in [7, 11) is 1.62.